The minimum Gasteiger partial charge on any atom is -0.405 e. The van der Waals surface area contributed by atoms with Crippen LogP contribution in [0.2, 0.25) is 0 Å². The lowest BCUT2D eigenvalue weighted by atomic mass is 10.2. The van der Waals surface area contributed by atoms with E-state index >= 15 is 0 Å². The van der Waals surface area contributed by atoms with Crippen LogP contribution < -0.4 is 10.1 Å². The van der Waals surface area contributed by atoms with Gasteiger partial charge in [-0.2, -0.15) is 0 Å². The molecule has 0 fully saturated rings. The number of para-hydroxylation sites is 1. The second-order valence-corrected chi connectivity index (χ2v) is 6.33. The zero-order valence-corrected chi connectivity index (χ0v) is 14.9. The normalized spacial score (nSPS) is 12.2. The molecular formula is C16H19F3N4OS. The predicted molar refractivity (Wildman–Crippen MR) is 91.6 cm³/mol. The molecule has 136 valence electrons. The molecule has 5 nitrogen and oxygen atoms in total. The number of nitrogens with one attached hydrogen (secondary N) is 1. The van der Waals surface area contributed by atoms with E-state index in [1.54, 1.807) is 30.5 Å². The molecule has 0 bridgehead atoms. The van der Waals surface area contributed by atoms with Gasteiger partial charge in [-0.3, -0.25) is 4.99 Å². The first-order chi connectivity index (χ1) is 11.8. The van der Waals surface area contributed by atoms with Gasteiger partial charge in [0, 0.05) is 31.6 Å². The predicted octanol–water partition coefficient (Wildman–Crippen LogP) is 3.56. The molecule has 2 aromatic rings. The van der Waals surface area contributed by atoms with E-state index in [9.17, 15) is 13.2 Å². The van der Waals surface area contributed by atoms with Crippen molar-refractivity contribution in [2.75, 3.05) is 14.1 Å². The molecule has 1 heterocycles. The summed E-state index contributed by atoms with van der Waals surface area (Å²) in [5, 5.41) is 5.98. The maximum atomic E-state index is 12.5. The quantitative estimate of drug-likeness (QED) is 0.644. The van der Waals surface area contributed by atoms with E-state index in [2.05, 4.69) is 20.0 Å². The van der Waals surface area contributed by atoms with Crippen molar-refractivity contribution in [1.82, 2.24) is 15.2 Å². The Labute approximate surface area is 148 Å². The summed E-state index contributed by atoms with van der Waals surface area (Å²) in [6.45, 7) is 2.63. The van der Waals surface area contributed by atoms with Gasteiger partial charge in [0.2, 0.25) is 0 Å². The monoisotopic (exact) mass is 372 g/mol. The molecule has 2 rings (SSSR count). The molecule has 0 saturated heterocycles. The van der Waals surface area contributed by atoms with E-state index in [-0.39, 0.29) is 12.3 Å². The van der Waals surface area contributed by atoms with Crippen molar-refractivity contribution >= 4 is 17.3 Å². The molecule has 0 saturated carbocycles. The molecule has 0 amide bonds. The molecule has 0 aliphatic heterocycles. The maximum Gasteiger partial charge on any atom is 0.573 e. The fraction of sp³-hybridized carbons (Fsp3) is 0.375. The fourth-order valence-corrected chi connectivity index (χ4v) is 2.84. The summed E-state index contributed by atoms with van der Waals surface area (Å²) in [5.74, 6) is 0.322. The summed E-state index contributed by atoms with van der Waals surface area (Å²) < 4.78 is 41.5. The lowest BCUT2D eigenvalue weighted by Crippen LogP contribution is -2.38. The van der Waals surface area contributed by atoms with E-state index < -0.39 is 6.36 Å². The number of hydrogen-bond donors (Lipinski definition) is 1. The molecule has 25 heavy (non-hydrogen) atoms. The van der Waals surface area contributed by atoms with Crippen molar-refractivity contribution in [2.24, 2.45) is 4.99 Å². The molecular weight excluding hydrogens is 353 g/mol. The topological polar surface area (TPSA) is 49.8 Å². The highest BCUT2D eigenvalue weighted by Crippen LogP contribution is 2.26. The summed E-state index contributed by atoms with van der Waals surface area (Å²) in [4.78, 5) is 10.4. The second kappa shape index (κ2) is 8.19. The average molecular weight is 372 g/mol. The molecule has 0 radical (unpaired) electrons. The van der Waals surface area contributed by atoms with Gasteiger partial charge in [-0.05, 0) is 13.0 Å². The zero-order chi connectivity index (χ0) is 18.4. The zero-order valence-electron chi connectivity index (χ0n) is 14.1. The first-order valence-corrected chi connectivity index (χ1v) is 8.33. The number of hydrogen-bond acceptors (Lipinski definition) is 4. The first kappa shape index (κ1) is 19.0. The molecule has 0 atom stereocenters. The SMILES string of the molecule is CN=C(NCc1ccccc1OC(F)(F)F)N(C)Cc1csc(C)n1. The standard InChI is InChI=1S/C16H19F3N4OS/c1-11-22-13(10-25-11)9-23(3)15(20-2)21-8-12-6-4-5-7-14(12)24-16(17,18)19/h4-7,10H,8-9H2,1-3H3,(H,20,21). The average Bonchev–Trinajstić information content (AvgIpc) is 2.93. The number of guanidine groups is 1. The van der Waals surface area contributed by atoms with Gasteiger partial charge in [-0.1, -0.05) is 18.2 Å². The Kier molecular flexibility index (Phi) is 6.24. The van der Waals surface area contributed by atoms with E-state index in [0.29, 0.717) is 18.1 Å². The lowest BCUT2D eigenvalue weighted by molar-refractivity contribution is -0.274. The number of nitrogens with zero attached hydrogens (tertiary/aromatic N) is 3. The molecule has 9 heteroatoms. The molecule has 0 aliphatic rings. The third kappa shape index (κ3) is 5.93. The van der Waals surface area contributed by atoms with Crippen LogP contribution >= 0.6 is 11.3 Å². The van der Waals surface area contributed by atoms with Crippen LogP contribution in [0.4, 0.5) is 13.2 Å². The van der Waals surface area contributed by atoms with Gasteiger partial charge in [0.15, 0.2) is 5.96 Å². The second-order valence-electron chi connectivity index (χ2n) is 5.27. The Morgan fingerprint density at radius 2 is 2.08 bits per heavy atom. The summed E-state index contributed by atoms with van der Waals surface area (Å²) in [7, 11) is 3.45. The summed E-state index contributed by atoms with van der Waals surface area (Å²) in [5.41, 5.74) is 1.30. The van der Waals surface area contributed by atoms with Gasteiger partial charge in [0.25, 0.3) is 0 Å². The number of aliphatic imine (C=N–C) groups is 1. The van der Waals surface area contributed by atoms with E-state index in [1.807, 2.05) is 24.3 Å². The van der Waals surface area contributed by atoms with E-state index in [4.69, 9.17) is 0 Å². The molecule has 1 aromatic carbocycles. The Balaban J connectivity index is 2.01. The molecule has 1 N–H and O–H groups in total. The lowest BCUT2D eigenvalue weighted by Gasteiger charge is -2.22. The van der Waals surface area contributed by atoms with Crippen molar-refractivity contribution in [3.8, 4) is 5.75 Å². The summed E-state index contributed by atoms with van der Waals surface area (Å²) >= 11 is 1.56. The van der Waals surface area contributed by atoms with Gasteiger partial charge in [-0.25, -0.2) is 4.98 Å². The van der Waals surface area contributed by atoms with Crippen LogP contribution in [0, 0.1) is 6.92 Å². The highest BCUT2D eigenvalue weighted by molar-refractivity contribution is 7.09. The minimum atomic E-state index is -4.73. The number of thiazole rings is 1. The smallest absolute Gasteiger partial charge is 0.405 e. The Hall–Kier alpha value is -2.29. The van der Waals surface area contributed by atoms with Crippen LogP contribution in [0.5, 0.6) is 5.75 Å². The van der Waals surface area contributed by atoms with E-state index in [0.717, 1.165) is 10.7 Å². The highest BCUT2D eigenvalue weighted by atomic mass is 32.1. The number of rotatable bonds is 5. The van der Waals surface area contributed by atoms with Gasteiger partial charge in [-0.15, -0.1) is 24.5 Å². The molecule has 0 unspecified atom stereocenters. The third-order valence-electron chi connectivity index (χ3n) is 3.27. The summed E-state index contributed by atoms with van der Waals surface area (Å²) in [6, 6.07) is 6.01. The number of aromatic nitrogens is 1. The number of benzene rings is 1. The third-order valence-corrected chi connectivity index (χ3v) is 4.10. The number of aryl methyl sites for hydroxylation is 1. The Bertz CT molecular complexity index is 730. The van der Waals surface area contributed by atoms with Crippen LogP contribution in [0.15, 0.2) is 34.6 Å². The van der Waals surface area contributed by atoms with Gasteiger partial charge < -0.3 is 15.0 Å². The van der Waals surface area contributed by atoms with Crippen LogP contribution in [0.25, 0.3) is 0 Å². The molecule has 0 spiro atoms. The van der Waals surface area contributed by atoms with Crippen LogP contribution in [0.1, 0.15) is 16.3 Å². The van der Waals surface area contributed by atoms with Gasteiger partial charge in [0.05, 0.1) is 17.2 Å². The Morgan fingerprint density at radius 1 is 1.36 bits per heavy atom. The van der Waals surface area contributed by atoms with Gasteiger partial charge in [0.1, 0.15) is 5.75 Å². The van der Waals surface area contributed by atoms with Crippen molar-refractivity contribution in [3.05, 3.63) is 45.9 Å². The maximum absolute atomic E-state index is 12.5. The van der Waals surface area contributed by atoms with Crippen LogP contribution in [-0.2, 0) is 13.1 Å². The van der Waals surface area contributed by atoms with E-state index in [1.165, 1.54) is 12.1 Å². The number of alkyl halides is 3. The largest absolute Gasteiger partial charge is 0.573 e. The first-order valence-electron chi connectivity index (χ1n) is 7.45. The van der Waals surface area contributed by atoms with Crippen molar-refractivity contribution in [3.63, 3.8) is 0 Å². The van der Waals surface area contributed by atoms with Crippen molar-refractivity contribution < 1.29 is 17.9 Å². The minimum absolute atomic E-state index is 0.152. The highest BCUT2D eigenvalue weighted by Gasteiger charge is 2.31. The Morgan fingerprint density at radius 3 is 2.68 bits per heavy atom. The fourth-order valence-electron chi connectivity index (χ4n) is 2.23. The van der Waals surface area contributed by atoms with Gasteiger partial charge >= 0.3 is 6.36 Å². The summed E-state index contributed by atoms with van der Waals surface area (Å²) in [6.07, 6.45) is -4.73. The van der Waals surface area contributed by atoms with Crippen LogP contribution in [-0.4, -0.2) is 36.3 Å². The molecule has 0 aliphatic carbocycles. The molecule has 1 aromatic heterocycles. The number of ether oxygens (including phenoxy) is 1. The number of halogens is 3. The van der Waals surface area contributed by atoms with Crippen molar-refractivity contribution in [1.29, 1.82) is 0 Å². The van der Waals surface area contributed by atoms with Crippen molar-refractivity contribution in [2.45, 2.75) is 26.4 Å². The van der Waals surface area contributed by atoms with Crippen LogP contribution in [0.3, 0.4) is 0 Å².